The third-order valence-electron chi connectivity index (χ3n) is 5.07. The minimum atomic E-state index is -1.79. The lowest BCUT2D eigenvalue weighted by Gasteiger charge is -2.14. The van der Waals surface area contributed by atoms with E-state index in [4.69, 9.17) is 39.5 Å². The van der Waals surface area contributed by atoms with Crippen molar-refractivity contribution in [1.82, 2.24) is 15.0 Å². The Kier molecular flexibility index (Phi) is 7.39. The van der Waals surface area contributed by atoms with Crippen molar-refractivity contribution in [3.05, 3.63) is 54.1 Å². The summed E-state index contributed by atoms with van der Waals surface area (Å²) >= 11 is 16.7. The lowest BCUT2D eigenvalue weighted by Crippen LogP contribution is -2.21. The number of alkyl halides is 3. The number of pyridine rings is 1. The molecule has 1 saturated carbocycles. The number of rotatable bonds is 6. The van der Waals surface area contributed by atoms with E-state index in [9.17, 15) is 14.0 Å². The van der Waals surface area contributed by atoms with Gasteiger partial charge in [0.05, 0.1) is 11.4 Å². The summed E-state index contributed by atoms with van der Waals surface area (Å²) in [4.78, 5) is 37.1. The Hall–Kier alpha value is -3.01. The molecule has 3 aromatic rings. The quantitative estimate of drug-likeness (QED) is 0.377. The van der Waals surface area contributed by atoms with Gasteiger partial charge in [0.25, 0.3) is 0 Å². The second-order valence-corrected chi connectivity index (χ2v) is 10.4. The summed E-state index contributed by atoms with van der Waals surface area (Å²) in [6, 6.07) is 7.76. The molecule has 8 nitrogen and oxygen atoms in total. The molecule has 0 saturated heterocycles. The third kappa shape index (κ3) is 6.78. The maximum absolute atomic E-state index is 14.5. The minimum Gasteiger partial charge on any atom is -0.445 e. The summed E-state index contributed by atoms with van der Waals surface area (Å²) in [6.45, 7) is 1.21. The van der Waals surface area contributed by atoms with E-state index in [1.165, 1.54) is 12.1 Å². The van der Waals surface area contributed by atoms with Crippen LogP contribution < -0.4 is 10.6 Å². The van der Waals surface area contributed by atoms with E-state index in [1.807, 2.05) is 0 Å². The molecular formula is C23H19Cl3FN5O3. The van der Waals surface area contributed by atoms with Crippen molar-refractivity contribution < 1.29 is 18.7 Å². The average Bonchev–Trinajstić information content (AvgIpc) is 3.65. The minimum absolute atomic E-state index is 0.0453. The molecule has 2 aromatic heterocycles. The monoisotopic (exact) mass is 537 g/mol. The number of aromatic nitrogens is 3. The Bertz CT molecular complexity index is 1280. The van der Waals surface area contributed by atoms with E-state index in [0.29, 0.717) is 34.0 Å². The molecule has 1 aliphatic rings. The van der Waals surface area contributed by atoms with E-state index < -0.39 is 22.3 Å². The summed E-state index contributed by atoms with van der Waals surface area (Å²) in [5, 5.41) is 5.10. The van der Waals surface area contributed by atoms with Crippen LogP contribution in [0.1, 0.15) is 18.4 Å². The normalized spacial score (nSPS) is 13.3. The zero-order valence-electron chi connectivity index (χ0n) is 18.3. The highest BCUT2D eigenvalue weighted by molar-refractivity contribution is 6.67. The van der Waals surface area contributed by atoms with E-state index in [-0.39, 0.29) is 17.5 Å². The molecule has 0 aliphatic heterocycles. The first kappa shape index (κ1) is 25.1. The van der Waals surface area contributed by atoms with Crippen molar-refractivity contribution in [3.8, 4) is 22.6 Å². The first-order chi connectivity index (χ1) is 16.6. The van der Waals surface area contributed by atoms with E-state index in [0.717, 1.165) is 12.8 Å². The van der Waals surface area contributed by atoms with Crippen LogP contribution >= 0.6 is 34.8 Å². The lowest BCUT2D eigenvalue weighted by molar-refractivity contribution is -0.117. The Balaban J connectivity index is 1.57. The summed E-state index contributed by atoms with van der Waals surface area (Å²) in [5.74, 6) is 0.109. The van der Waals surface area contributed by atoms with Crippen LogP contribution in [-0.2, 0) is 9.53 Å². The highest BCUT2D eigenvalue weighted by Gasteiger charge is 2.29. The first-order valence-electron chi connectivity index (χ1n) is 10.5. The van der Waals surface area contributed by atoms with Gasteiger partial charge in [-0.05, 0) is 55.7 Å². The predicted octanol–water partition coefficient (Wildman–Crippen LogP) is 5.92. The molecule has 1 fully saturated rings. The number of benzene rings is 1. The predicted molar refractivity (Wildman–Crippen MR) is 132 cm³/mol. The number of carbonyl (C=O) groups excluding carboxylic acids is 2. The number of nitrogens with one attached hydrogen (secondary N) is 2. The maximum Gasteiger partial charge on any atom is 0.411 e. The molecule has 2 N–H and O–H groups in total. The zero-order chi connectivity index (χ0) is 25.2. The van der Waals surface area contributed by atoms with Crippen molar-refractivity contribution in [2.24, 2.45) is 5.92 Å². The Morgan fingerprint density at radius 1 is 1.11 bits per heavy atom. The molecule has 35 heavy (non-hydrogen) atoms. The van der Waals surface area contributed by atoms with Crippen LogP contribution in [0.4, 0.5) is 20.7 Å². The fourth-order valence-electron chi connectivity index (χ4n) is 3.20. The van der Waals surface area contributed by atoms with E-state index in [2.05, 4.69) is 25.6 Å². The van der Waals surface area contributed by atoms with Gasteiger partial charge < -0.3 is 10.1 Å². The summed E-state index contributed by atoms with van der Waals surface area (Å²) < 4.78 is 17.5. The number of aryl methyl sites for hydroxylation is 1. The molecule has 0 atom stereocenters. The number of carbonyl (C=O) groups is 2. The molecule has 182 valence electrons. The van der Waals surface area contributed by atoms with Gasteiger partial charge in [0.2, 0.25) is 9.70 Å². The molecule has 0 spiro atoms. The van der Waals surface area contributed by atoms with Gasteiger partial charge in [-0.25, -0.2) is 24.1 Å². The largest absolute Gasteiger partial charge is 0.445 e. The van der Waals surface area contributed by atoms with Crippen molar-refractivity contribution in [2.45, 2.75) is 23.6 Å². The van der Waals surface area contributed by atoms with Gasteiger partial charge in [-0.15, -0.1) is 0 Å². The lowest BCUT2D eigenvalue weighted by atomic mass is 10.0. The molecule has 12 heteroatoms. The summed E-state index contributed by atoms with van der Waals surface area (Å²) in [7, 11) is 0. The van der Waals surface area contributed by atoms with Crippen molar-refractivity contribution in [1.29, 1.82) is 0 Å². The van der Waals surface area contributed by atoms with Gasteiger partial charge in [0.1, 0.15) is 18.2 Å². The van der Waals surface area contributed by atoms with Crippen LogP contribution in [0.2, 0.25) is 0 Å². The fourth-order valence-corrected chi connectivity index (χ4v) is 3.36. The van der Waals surface area contributed by atoms with Gasteiger partial charge in [-0.3, -0.25) is 10.1 Å². The average molecular weight is 539 g/mol. The molecule has 1 aliphatic carbocycles. The van der Waals surface area contributed by atoms with Crippen LogP contribution in [-0.4, -0.2) is 37.4 Å². The zero-order valence-corrected chi connectivity index (χ0v) is 20.6. The topological polar surface area (TPSA) is 106 Å². The number of anilines is 2. The molecule has 1 aromatic carbocycles. The number of hydrogen-bond acceptors (Lipinski definition) is 6. The van der Waals surface area contributed by atoms with Crippen molar-refractivity contribution in [3.63, 3.8) is 0 Å². The van der Waals surface area contributed by atoms with Gasteiger partial charge in [0.15, 0.2) is 5.82 Å². The molecular weight excluding hydrogens is 520 g/mol. The van der Waals surface area contributed by atoms with Crippen molar-refractivity contribution >= 4 is 58.3 Å². The molecule has 0 bridgehead atoms. The Labute approximate surface area is 215 Å². The Morgan fingerprint density at radius 2 is 1.86 bits per heavy atom. The molecule has 0 radical (unpaired) electrons. The molecule has 0 unspecified atom stereocenters. The maximum atomic E-state index is 14.5. The first-order valence-corrected chi connectivity index (χ1v) is 11.6. The number of amides is 2. The highest BCUT2D eigenvalue weighted by Crippen LogP contribution is 2.31. The van der Waals surface area contributed by atoms with E-state index in [1.54, 1.807) is 37.5 Å². The van der Waals surface area contributed by atoms with Crippen LogP contribution in [0.15, 0.2) is 42.7 Å². The number of hydrogen-bond donors (Lipinski definition) is 2. The standard InChI is InChI=1S/C23H19Cl3FN5O3/c1-12-8-16(27)18(31-22(34)35-11-23(24,25)26)10-15(12)17-5-7-29-20(30-17)14-4-6-28-19(9-14)32-21(33)13-2-3-13/h4-10,13H,2-3,11H2,1H3,(H,31,34)(H,28,32,33). The second kappa shape index (κ2) is 10.3. The Morgan fingerprint density at radius 3 is 2.57 bits per heavy atom. The van der Waals surface area contributed by atoms with Gasteiger partial charge in [0, 0.05) is 29.4 Å². The van der Waals surface area contributed by atoms with Gasteiger partial charge in [-0.2, -0.15) is 0 Å². The van der Waals surface area contributed by atoms with Crippen LogP contribution in [0.3, 0.4) is 0 Å². The second-order valence-electron chi connectivity index (χ2n) is 7.92. The number of nitrogens with zero attached hydrogens (tertiary/aromatic N) is 3. The van der Waals surface area contributed by atoms with E-state index >= 15 is 0 Å². The van der Waals surface area contributed by atoms with Crippen LogP contribution in [0, 0.1) is 18.7 Å². The number of halogens is 4. The van der Waals surface area contributed by atoms with Gasteiger partial charge in [-0.1, -0.05) is 34.8 Å². The van der Waals surface area contributed by atoms with Crippen molar-refractivity contribution in [2.75, 3.05) is 17.2 Å². The smallest absolute Gasteiger partial charge is 0.411 e. The fraction of sp³-hybridized carbons (Fsp3) is 0.261. The summed E-state index contributed by atoms with van der Waals surface area (Å²) in [5.41, 5.74) is 2.14. The van der Waals surface area contributed by atoms with Crippen LogP contribution in [0.25, 0.3) is 22.6 Å². The highest BCUT2D eigenvalue weighted by atomic mass is 35.6. The van der Waals surface area contributed by atoms with Gasteiger partial charge >= 0.3 is 6.09 Å². The third-order valence-corrected chi connectivity index (χ3v) is 5.39. The SMILES string of the molecule is Cc1cc(F)c(NC(=O)OCC(Cl)(Cl)Cl)cc1-c1ccnc(-c2ccnc(NC(=O)C3CC3)c2)n1. The molecule has 2 heterocycles. The van der Waals surface area contributed by atoms with Crippen LogP contribution in [0.5, 0.6) is 0 Å². The molecule has 2 amide bonds. The molecule has 4 rings (SSSR count). The number of ether oxygens (including phenoxy) is 1. The summed E-state index contributed by atoms with van der Waals surface area (Å²) in [6.07, 6.45) is 3.91.